The van der Waals surface area contributed by atoms with Crippen molar-refractivity contribution in [1.29, 1.82) is 0 Å². The largest absolute Gasteiger partial charge is 0.487 e. The van der Waals surface area contributed by atoms with Gasteiger partial charge < -0.3 is 14.7 Å². The van der Waals surface area contributed by atoms with Crippen LogP contribution < -0.4 is 4.74 Å². The minimum atomic E-state index is 0.404. The van der Waals surface area contributed by atoms with E-state index in [0.717, 1.165) is 45.3 Å². The fourth-order valence-electron chi connectivity index (χ4n) is 3.72. The fraction of sp³-hybridized carbons (Fsp3) is 0.148. The number of para-hydroxylation sites is 1. The Morgan fingerprint density at radius 3 is 2.45 bits per heavy atom. The van der Waals surface area contributed by atoms with Gasteiger partial charge in [0.1, 0.15) is 12.4 Å². The van der Waals surface area contributed by atoms with Crippen molar-refractivity contribution in [2.45, 2.75) is 20.5 Å². The number of H-pyrrole nitrogens is 2. The standard InChI is InChI=1S/C27H25N3O/c1-18(2)22-13-12-21(28-22)15-26-27(31-17-19-8-4-3-5-9-19)16-25(30-26)24-14-20-10-6-7-11-23(20)29-24/h3-16,18,29-30H,17H2,1-2H3. The van der Waals surface area contributed by atoms with Crippen molar-refractivity contribution < 1.29 is 4.74 Å². The van der Waals surface area contributed by atoms with E-state index in [4.69, 9.17) is 9.73 Å². The lowest BCUT2D eigenvalue weighted by molar-refractivity contribution is 0.306. The topological polar surface area (TPSA) is 53.2 Å². The summed E-state index contributed by atoms with van der Waals surface area (Å²) in [6.45, 7) is 4.82. The molecule has 0 saturated heterocycles. The van der Waals surface area contributed by atoms with Crippen LogP contribution in [0.3, 0.4) is 0 Å². The number of aromatic nitrogens is 2. The van der Waals surface area contributed by atoms with Crippen LogP contribution in [0.2, 0.25) is 0 Å². The molecule has 0 fully saturated rings. The summed E-state index contributed by atoms with van der Waals surface area (Å²) in [4.78, 5) is 11.8. The van der Waals surface area contributed by atoms with Gasteiger partial charge >= 0.3 is 0 Å². The first kappa shape index (κ1) is 19.2. The Balaban J connectivity index is 1.50. The van der Waals surface area contributed by atoms with Gasteiger partial charge in [0, 0.05) is 22.7 Å². The zero-order chi connectivity index (χ0) is 21.2. The molecule has 0 spiro atoms. The van der Waals surface area contributed by atoms with Gasteiger partial charge in [-0.15, -0.1) is 0 Å². The Morgan fingerprint density at radius 1 is 0.903 bits per heavy atom. The van der Waals surface area contributed by atoms with E-state index in [9.17, 15) is 0 Å². The Hall–Kier alpha value is -3.79. The van der Waals surface area contributed by atoms with E-state index in [-0.39, 0.29) is 0 Å². The number of ether oxygens (including phenoxy) is 1. The normalized spacial score (nSPS) is 14.7. The van der Waals surface area contributed by atoms with Crippen LogP contribution in [0.5, 0.6) is 5.75 Å². The summed E-state index contributed by atoms with van der Waals surface area (Å²) in [5.41, 5.74) is 7.21. The van der Waals surface area contributed by atoms with Crippen LogP contribution in [-0.2, 0) is 6.61 Å². The van der Waals surface area contributed by atoms with Crippen LogP contribution in [0.25, 0.3) is 28.4 Å². The van der Waals surface area contributed by atoms with Gasteiger partial charge in [-0.3, -0.25) is 4.99 Å². The molecule has 4 aromatic rings. The summed E-state index contributed by atoms with van der Waals surface area (Å²) in [5, 5.41) is 1.18. The van der Waals surface area contributed by atoms with Gasteiger partial charge in [-0.25, -0.2) is 0 Å². The second-order valence-corrected chi connectivity index (χ2v) is 8.10. The molecule has 4 heteroatoms. The predicted molar refractivity (Wildman–Crippen MR) is 128 cm³/mol. The summed E-state index contributed by atoms with van der Waals surface area (Å²) in [6.07, 6.45) is 6.20. The number of aliphatic imine (C=N–C) groups is 1. The molecule has 1 aliphatic heterocycles. The Labute approximate surface area is 182 Å². The highest BCUT2D eigenvalue weighted by molar-refractivity contribution is 6.00. The molecule has 0 bridgehead atoms. The second-order valence-electron chi connectivity index (χ2n) is 8.10. The molecule has 0 aliphatic carbocycles. The van der Waals surface area contributed by atoms with Crippen LogP contribution in [0, 0.1) is 5.92 Å². The minimum absolute atomic E-state index is 0.404. The van der Waals surface area contributed by atoms with E-state index >= 15 is 0 Å². The van der Waals surface area contributed by atoms with Crippen molar-refractivity contribution in [3.05, 3.63) is 95.8 Å². The number of benzene rings is 2. The van der Waals surface area contributed by atoms with E-state index in [1.165, 1.54) is 5.39 Å². The van der Waals surface area contributed by atoms with Crippen molar-refractivity contribution in [3.63, 3.8) is 0 Å². The number of hydrogen-bond donors (Lipinski definition) is 2. The lowest BCUT2D eigenvalue weighted by Gasteiger charge is -2.05. The molecule has 0 saturated carbocycles. The summed E-state index contributed by atoms with van der Waals surface area (Å²) >= 11 is 0. The summed E-state index contributed by atoms with van der Waals surface area (Å²) in [6, 6.07) is 22.7. The lowest BCUT2D eigenvalue weighted by Crippen LogP contribution is -2.00. The SMILES string of the molecule is CC(C)C1=NC(=Cc2[nH]c(-c3cc4ccccc4[nH]3)cc2OCc2ccccc2)C=C1. The molecule has 0 unspecified atom stereocenters. The Morgan fingerprint density at radius 2 is 1.68 bits per heavy atom. The molecule has 31 heavy (non-hydrogen) atoms. The van der Waals surface area contributed by atoms with Gasteiger partial charge in [0.05, 0.1) is 22.8 Å². The maximum atomic E-state index is 6.22. The Bertz CT molecular complexity index is 1270. The van der Waals surface area contributed by atoms with Crippen LogP contribution in [0.1, 0.15) is 25.1 Å². The lowest BCUT2D eigenvalue weighted by atomic mass is 10.1. The highest BCUT2D eigenvalue weighted by atomic mass is 16.5. The van der Waals surface area contributed by atoms with E-state index in [1.807, 2.05) is 24.3 Å². The number of nitrogens with one attached hydrogen (secondary N) is 2. The molecule has 2 aromatic heterocycles. The zero-order valence-electron chi connectivity index (χ0n) is 17.7. The monoisotopic (exact) mass is 407 g/mol. The molecule has 154 valence electrons. The molecule has 0 radical (unpaired) electrons. The van der Waals surface area contributed by atoms with Crippen LogP contribution in [0.15, 0.2) is 89.6 Å². The summed E-state index contributed by atoms with van der Waals surface area (Å²) < 4.78 is 6.22. The van der Waals surface area contributed by atoms with Crippen LogP contribution in [-0.4, -0.2) is 15.7 Å². The zero-order valence-corrected chi connectivity index (χ0v) is 17.7. The molecular formula is C27H25N3O. The number of rotatable bonds is 6. The first-order chi connectivity index (χ1) is 15.2. The highest BCUT2D eigenvalue weighted by Gasteiger charge is 2.14. The molecule has 5 rings (SSSR count). The van der Waals surface area contributed by atoms with Gasteiger partial charge in [-0.1, -0.05) is 62.4 Å². The fourth-order valence-corrected chi connectivity index (χ4v) is 3.72. The van der Waals surface area contributed by atoms with Crippen molar-refractivity contribution in [2.24, 2.45) is 10.9 Å². The maximum Gasteiger partial charge on any atom is 0.145 e. The number of hydrogen-bond acceptors (Lipinski definition) is 2. The molecule has 2 aromatic carbocycles. The van der Waals surface area contributed by atoms with Gasteiger partial charge in [-0.05, 0) is 41.8 Å². The number of aromatic amines is 2. The number of nitrogens with zero attached hydrogens (tertiary/aromatic N) is 1. The molecule has 2 N–H and O–H groups in total. The molecule has 0 amide bonds. The van der Waals surface area contributed by atoms with E-state index in [2.05, 4.69) is 84.5 Å². The van der Waals surface area contributed by atoms with Crippen LogP contribution in [0.4, 0.5) is 0 Å². The number of allylic oxidation sites excluding steroid dienone is 2. The smallest absolute Gasteiger partial charge is 0.145 e. The third kappa shape index (κ3) is 4.10. The van der Waals surface area contributed by atoms with Crippen molar-refractivity contribution in [2.75, 3.05) is 0 Å². The summed E-state index contributed by atoms with van der Waals surface area (Å²) in [7, 11) is 0. The molecular weight excluding hydrogens is 382 g/mol. The van der Waals surface area contributed by atoms with Crippen molar-refractivity contribution in [1.82, 2.24) is 9.97 Å². The Kier molecular flexibility index (Phi) is 5.04. The molecule has 3 heterocycles. The molecule has 1 aliphatic rings. The highest BCUT2D eigenvalue weighted by Crippen LogP contribution is 2.32. The van der Waals surface area contributed by atoms with E-state index < -0.39 is 0 Å². The van der Waals surface area contributed by atoms with Gasteiger partial charge in [0.15, 0.2) is 0 Å². The third-order valence-corrected chi connectivity index (χ3v) is 5.43. The first-order valence-corrected chi connectivity index (χ1v) is 10.6. The van der Waals surface area contributed by atoms with Gasteiger partial charge in [-0.2, -0.15) is 0 Å². The minimum Gasteiger partial charge on any atom is -0.487 e. The number of fused-ring (bicyclic) bond motifs is 1. The average molecular weight is 408 g/mol. The predicted octanol–water partition coefficient (Wildman–Crippen LogP) is 6.75. The molecule has 4 nitrogen and oxygen atoms in total. The molecule has 0 atom stereocenters. The van der Waals surface area contributed by atoms with E-state index in [1.54, 1.807) is 0 Å². The van der Waals surface area contributed by atoms with Gasteiger partial charge in [0.2, 0.25) is 0 Å². The van der Waals surface area contributed by atoms with Gasteiger partial charge in [0.25, 0.3) is 0 Å². The van der Waals surface area contributed by atoms with Crippen LogP contribution >= 0.6 is 0 Å². The van der Waals surface area contributed by atoms with Crippen molar-refractivity contribution in [3.8, 4) is 17.1 Å². The third-order valence-electron chi connectivity index (χ3n) is 5.43. The maximum absolute atomic E-state index is 6.22. The quantitative estimate of drug-likeness (QED) is 0.365. The summed E-state index contributed by atoms with van der Waals surface area (Å²) in [5.74, 6) is 1.22. The van der Waals surface area contributed by atoms with Crippen molar-refractivity contribution >= 4 is 22.7 Å². The average Bonchev–Trinajstić information content (AvgIpc) is 3.51. The first-order valence-electron chi connectivity index (χ1n) is 10.6. The second kappa shape index (κ2) is 8.15. The van der Waals surface area contributed by atoms with E-state index in [0.29, 0.717) is 12.5 Å².